The molecule has 0 aliphatic rings. The van der Waals surface area contributed by atoms with Crippen LogP contribution in [-0.4, -0.2) is 22.7 Å². The summed E-state index contributed by atoms with van der Waals surface area (Å²) in [5.74, 6) is 0. The Kier molecular flexibility index (Phi) is 6.55. The molecule has 1 aromatic heterocycles. The normalized spacial score (nSPS) is 10.6. The van der Waals surface area contributed by atoms with Gasteiger partial charge < -0.3 is 9.72 Å². The molecule has 0 bridgehead atoms. The van der Waals surface area contributed by atoms with Crippen LogP contribution in [0.2, 0.25) is 0 Å². The zero-order valence-corrected chi connectivity index (χ0v) is 10.1. The summed E-state index contributed by atoms with van der Waals surface area (Å²) >= 11 is 0. The summed E-state index contributed by atoms with van der Waals surface area (Å²) in [4.78, 5) is 18.1. The van der Waals surface area contributed by atoms with Crippen molar-refractivity contribution < 1.29 is 9.53 Å². The number of rotatable bonds is 7. The zero-order valence-electron chi connectivity index (χ0n) is 10.1. The van der Waals surface area contributed by atoms with E-state index < -0.39 is 6.09 Å². The smallest absolute Gasteiger partial charge is 0.411 e. The quantitative estimate of drug-likeness (QED) is 0.715. The lowest BCUT2D eigenvalue weighted by Gasteiger charge is -2.03. The third-order valence-electron chi connectivity index (χ3n) is 2.15. The Morgan fingerprint density at radius 1 is 1.65 bits per heavy atom. The van der Waals surface area contributed by atoms with Crippen molar-refractivity contribution in [2.24, 2.45) is 0 Å². The molecule has 1 heterocycles. The van der Waals surface area contributed by atoms with Gasteiger partial charge in [-0.05, 0) is 19.3 Å². The number of unbranched alkanes of at least 4 members (excludes halogenated alkanes) is 1. The van der Waals surface area contributed by atoms with Gasteiger partial charge >= 0.3 is 6.09 Å². The van der Waals surface area contributed by atoms with E-state index in [1.807, 2.05) is 6.08 Å². The van der Waals surface area contributed by atoms with E-state index in [1.165, 1.54) is 0 Å². The number of amides is 1. The van der Waals surface area contributed by atoms with Gasteiger partial charge in [0.2, 0.25) is 0 Å². The molecule has 0 unspecified atom stereocenters. The molecule has 0 aliphatic carbocycles. The highest BCUT2D eigenvalue weighted by Crippen LogP contribution is 1.97. The van der Waals surface area contributed by atoms with Crippen molar-refractivity contribution in [3.05, 3.63) is 30.5 Å². The molecule has 0 saturated heterocycles. The van der Waals surface area contributed by atoms with Crippen molar-refractivity contribution in [3.63, 3.8) is 0 Å². The Morgan fingerprint density at radius 3 is 3.24 bits per heavy atom. The van der Waals surface area contributed by atoms with Crippen molar-refractivity contribution in [3.8, 4) is 0 Å². The fourth-order valence-electron chi connectivity index (χ4n) is 1.27. The van der Waals surface area contributed by atoms with Gasteiger partial charge in [0.15, 0.2) is 0 Å². The van der Waals surface area contributed by atoms with E-state index in [4.69, 9.17) is 4.74 Å². The summed E-state index contributed by atoms with van der Waals surface area (Å²) in [6, 6.07) is 0. The number of allylic oxidation sites excluding steroid dienone is 1. The highest BCUT2D eigenvalue weighted by atomic mass is 16.5. The van der Waals surface area contributed by atoms with Crippen LogP contribution in [0.15, 0.2) is 24.8 Å². The average molecular weight is 237 g/mol. The van der Waals surface area contributed by atoms with Crippen LogP contribution in [0.5, 0.6) is 0 Å². The molecular formula is C12H19N3O2. The molecule has 0 spiro atoms. The first-order valence-electron chi connectivity index (χ1n) is 5.88. The maximum Gasteiger partial charge on any atom is 0.411 e. The van der Waals surface area contributed by atoms with Gasteiger partial charge in [-0.1, -0.05) is 19.4 Å². The number of H-pyrrole nitrogens is 1. The number of carbonyl (C=O) groups excluding carboxylic acids is 1. The molecule has 0 radical (unpaired) electrons. The first kappa shape index (κ1) is 13.3. The summed E-state index contributed by atoms with van der Waals surface area (Å²) in [5.41, 5.74) is 1.05. The third-order valence-corrected chi connectivity index (χ3v) is 2.15. The number of ether oxygens (including phenoxy) is 1. The molecule has 0 aliphatic heterocycles. The maximum atomic E-state index is 11.2. The van der Waals surface area contributed by atoms with Gasteiger partial charge in [0.1, 0.15) is 0 Å². The van der Waals surface area contributed by atoms with E-state index in [0.717, 1.165) is 31.4 Å². The van der Waals surface area contributed by atoms with E-state index in [0.29, 0.717) is 6.61 Å². The SMILES string of the molecule is CCCC=CNC(=O)OCCCc1cnc[nH]1. The molecule has 1 amide bonds. The second-order valence-corrected chi connectivity index (χ2v) is 3.65. The van der Waals surface area contributed by atoms with Crippen LogP contribution < -0.4 is 5.32 Å². The van der Waals surface area contributed by atoms with Gasteiger partial charge in [-0.25, -0.2) is 9.78 Å². The minimum absolute atomic E-state index is 0.401. The van der Waals surface area contributed by atoms with E-state index in [1.54, 1.807) is 18.7 Å². The number of alkyl carbamates (subject to hydrolysis) is 1. The van der Waals surface area contributed by atoms with Crippen LogP contribution in [0.3, 0.4) is 0 Å². The zero-order chi connectivity index (χ0) is 12.3. The van der Waals surface area contributed by atoms with Crippen LogP contribution in [-0.2, 0) is 11.2 Å². The molecule has 0 saturated carbocycles. The van der Waals surface area contributed by atoms with Crippen molar-refractivity contribution >= 4 is 6.09 Å². The van der Waals surface area contributed by atoms with Gasteiger partial charge in [0.05, 0.1) is 12.9 Å². The fraction of sp³-hybridized carbons (Fsp3) is 0.500. The second kappa shape index (κ2) is 8.38. The maximum absolute atomic E-state index is 11.2. The molecule has 0 aromatic carbocycles. The number of imidazole rings is 1. The fourth-order valence-corrected chi connectivity index (χ4v) is 1.27. The number of hydrogen-bond acceptors (Lipinski definition) is 3. The summed E-state index contributed by atoms with van der Waals surface area (Å²) < 4.78 is 4.98. The van der Waals surface area contributed by atoms with E-state index in [2.05, 4.69) is 22.2 Å². The Morgan fingerprint density at radius 2 is 2.53 bits per heavy atom. The monoisotopic (exact) mass is 237 g/mol. The predicted molar refractivity (Wildman–Crippen MR) is 65.4 cm³/mol. The number of carbonyl (C=O) groups is 1. The van der Waals surface area contributed by atoms with Gasteiger partial charge in [-0.3, -0.25) is 5.32 Å². The highest BCUT2D eigenvalue weighted by Gasteiger charge is 1.99. The topological polar surface area (TPSA) is 67.0 Å². The van der Waals surface area contributed by atoms with Gasteiger partial charge in [0.25, 0.3) is 0 Å². The lowest BCUT2D eigenvalue weighted by atomic mass is 10.3. The van der Waals surface area contributed by atoms with E-state index >= 15 is 0 Å². The van der Waals surface area contributed by atoms with Crippen LogP contribution in [0.1, 0.15) is 31.9 Å². The molecule has 17 heavy (non-hydrogen) atoms. The number of aromatic nitrogens is 2. The van der Waals surface area contributed by atoms with E-state index in [-0.39, 0.29) is 0 Å². The second-order valence-electron chi connectivity index (χ2n) is 3.65. The molecule has 5 heteroatoms. The lowest BCUT2D eigenvalue weighted by molar-refractivity contribution is 0.148. The minimum atomic E-state index is -0.401. The Hall–Kier alpha value is -1.78. The molecule has 0 atom stereocenters. The number of nitrogens with one attached hydrogen (secondary N) is 2. The van der Waals surface area contributed by atoms with Crippen molar-refractivity contribution in [2.45, 2.75) is 32.6 Å². The number of hydrogen-bond donors (Lipinski definition) is 2. The first-order valence-corrected chi connectivity index (χ1v) is 5.88. The molecular weight excluding hydrogens is 218 g/mol. The van der Waals surface area contributed by atoms with Gasteiger partial charge in [-0.15, -0.1) is 0 Å². The highest BCUT2D eigenvalue weighted by molar-refractivity contribution is 5.68. The van der Waals surface area contributed by atoms with Gasteiger partial charge in [0, 0.05) is 18.1 Å². The number of nitrogens with zero attached hydrogens (tertiary/aromatic N) is 1. The van der Waals surface area contributed by atoms with Crippen LogP contribution in [0.4, 0.5) is 4.79 Å². The van der Waals surface area contributed by atoms with Crippen LogP contribution in [0.25, 0.3) is 0 Å². The number of aromatic amines is 1. The van der Waals surface area contributed by atoms with Crippen LogP contribution in [0, 0.1) is 0 Å². The van der Waals surface area contributed by atoms with Crippen molar-refractivity contribution in [2.75, 3.05) is 6.61 Å². The van der Waals surface area contributed by atoms with Crippen molar-refractivity contribution in [1.29, 1.82) is 0 Å². The number of aryl methyl sites for hydroxylation is 1. The van der Waals surface area contributed by atoms with E-state index in [9.17, 15) is 4.79 Å². The molecule has 94 valence electrons. The first-order chi connectivity index (χ1) is 8.33. The minimum Gasteiger partial charge on any atom is -0.449 e. The summed E-state index contributed by atoms with van der Waals surface area (Å²) in [7, 11) is 0. The lowest BCUT2D eigenvalue weighted by Crippen LogP contribution is -2.19. The molecule has 2 N–H and O–H groups in total. The molecule has 1 aromatic rings. The third kappa shape index (κ3) is 6.40. The molecule has 5 nitrogen and oxygen atoms in total. The Labute approximate surface area is 101 Å². The Bertz CT molecular complexity index is 334. The van der Waals surface area contributed by atoms with Crippen LogP contribution >= 0.6 is 0 Å². The Balaban J connectivity index is 2.00. The average Bonchev–Trinajstić information content (AvgIpc) is 2.83. The summed E-state index contributed by atoms with van der Waals surface area (Å²) in [6.07, 6.45) is 10.2. The molecule has 0 fully saturated rings. The van der Waals surface area contributed by atoms with Gasteiger partial charge in [-0.2, -0.15) is 0 Å². The predicted octanol–water partition coefficient (Wildman–Crippen LogP) is 2.38. The summed E-state index contributed by atoms with van der Waals surface area (Å²) in [6.45, 7) is 2.49. The van der Waals surface area contributed by atoms with Crippen molar-refractivity contribution in [1.82, 2.24) is 15.3 Å². The summed E-state index contributed by atoms with van der Waals surface area (Å²) in [5, 5.41) is 2.55. The standard InChI is InChI=1S/C12H19N3O2/c1-2-3-4-7-14-12(16)17-8-5-6-11-9-13-10-15-11/h4,7,9-10H,2-3,5-6,8H2,1H3,(H,13,15)(H,14,16). The molecule has 1 rings (SSSR count). The largest absolute Gasteiger partial charge is 0.449 e.